The molecule has 0 fully saturated rings. The van der Waals surface area contributed by atoms with Crippen LogP contribution in [0.25, 0.3) is 10.9 Å². The van der Waals surface area contributed by atoms with Gasteiger partial charge in [-0.3, -0.25) is 0 Å². The van der Waals surface area contributed by atoms with E-state index in [-0.39, 0.29) is 19.5 Å². The van der Waals surface area contributed by atoms with Crippen LogP contribution < -0.4 is 4.73 Å². The number of benzene rings is 1. The first kappa shape index (κ1) is 10.5. The Morgan fingerprint density at radius 2 is 1.77 bits per heavy atom. The maximum atomic E-state index is 11.4. The molecule has 0 atom stereocenters. The fourth-order valence-corrected chi connectivity index (χ4v) is 1.35. The number of hydrogen-bond acceptors (Lipinski definition) is 2. The molecule has 0 saturated heterocycles. The number of hydrogen-bond donors (Lipinski definition) is 1. The van der Waals surface area contributed by atoms with Crippen LogP contribution in [0.3, 0.4) is 0 Å². The molecular formula is C9H7NOSZn+2. The SMILES string of the molecule is [O-][n+]1c(S)ccc2ccccc21.[Zn+2]. The average Bonchev–Trinajstić information content (AvgIpc) is 2.12. The van der Waals surface area contributed by atoms with Crippen LogP contribution >= 0.6 is 12.6 Å². The molecule has 13 heavy (non-hydrogen) atoms. The normalized spacial score (nSPS) is 9.62. The molecule has 1 aromatic heterocycles. The summed E-state index contributed by atoms with van der Waals surface area (Å²) in [5.74, 6) is 0. The molecule has 0 radical (unpaired) electrons. The van der Waals surface area contributed by atoms with Gasteiger partial charge in [-0.05, 0) is 12.1 Å². The molecule has 0 N–H and O–H groups in total. The second-order valence-corrected chi connectivity index (χ2v) is 3.00. The number of fused-ring (bicyclic) bond motifs is 1. The predicted molar refractivity (Wildman–Crippen MR) is 50.2 cm³/mol. The van der Waals surface area contributed by atoms with E-state index in [0.717, 1.165) is 10.1 Å². The molecular weight excluding hydrogens is 236 g/mol. The summed E-state index contributed by atoms with van der Waals surface area (Å²) in [6.45, 7) is 0. The van der Waals surface area contributed by atoms with Crippen LogP contribution in [-0.4, -0.2) is 0 Å². The summed E-state index contributed by atoms with van der Waals surface area (Å²) in [7, 11) is 0. The van der Waals surface area contributed by atoms with Gasteiger partial charge in [-0.15, -0.1) is 0 Å². The molecule has 0 saturated carbocycles. The van der Waals surface area contributed by atoms with Crippen molar-refractivity contribution in [3.05, 3.63) is 41.6 Å². The van der Waals surface area contributed by atoms with E-state index in [9.17, 15) is 5.21 Å². The van der Waals surface area contributed by atoms with Crippen molar-refractivity contribution < 1.29 is 24.2 Å². The van der Waals surface area contributed by atoms with E-state index in [4.69, 9.17) is 0 Å². The molecule has 2 nitrogen and oxygen atoms in total. The van der Waals surface area contributed by atoms with Gasteiger partial charge in [-0.2, -0.15) is 4.73 Å². The second-order valence-electron chi connectivity index (χ2n) is 2.54. The number of para-hydroxylation sites is 1. The van der Waals surface area contributed by atoms with Crippen molar-refractivity contribution in [3.63, 3.8) is 0 Å². The molecule has 0 unspecified atom stereocenters. The molecule has 2 rings (SSSR count). The Hall–Kier alpha value is -0.597. The van der Waals surface area contributed by atoms with Crippen molar-refractivity contribution in [2.75, 3.05) is 0 Å². The van der Waals surface area contributed by atoms with Gasteiger partial charge >= 0.3 is 19.5 Å². The van der Waals surface area contributed by atoms with Crippen LogP contribution in [-0.2, 0) is 19.5 Å². The van der Waals surface area contributed by atoms with E-state index >= 15 is 0 Å². The summed E-state index contributed by atoms with van der Waals surface area (Å²) in [6, 6.07) is 11.0. The summed E-state index contributed by atoms with van der Waals surface area (Å²) in [5, 5.41) is 12.7. The zero-order valence-corrected chi connectivity index (χ0v) is 10.8. The maximum absolute atomic E-state index is 11.4. The first-order valence-corrected chi connectivity index (χ1v) is 4.04. The monoisotopic (exact) mass is 241 g/mol. The van der Waals surface area contributed by atoms with E-state index in [1.807, 2.05) is 24.3 Å². The van der Waals surface area contributed by atoms with Gasteiger partial charge in [0.2, 0.25) is 10.5 Å². The fraction of sp³-hybridized carbons (Fsp3) is 0. The van der Waals surface area contributed by atoms with Crippen LogP contribution in [0, 0.1) is 5.21 Å². The molecule has 0 aliphatic heterocycles. The number of nitrogens with zero attached hydrogens (tertiary/aromatic N) is 1. The number of thiol groups is 1. The van der Waals surface area contributed by atoms with Crippen molar-refractivity contribution in [2.24, 2.45) is 0 Å². The molecule has 0 amide bonds. The molecule has 0 spiro atoms. The Morgan fingerprint density at radius 3 is 2.54 bits per heavy atom. The molecule has 4 heteroatoms. The Balaban J connectivity index is 0.000000845. The minimum atomic E-state index is 0. The standard InChI is InChI=1S/C9H7NOS.Zn/c11-10-8-4-2-1-3-7(8)5-6-9(10)12;/h1-6,12H;/q;+2. The van der Waals surface area contributed by atoms with Gasteiger partial charge in [0.25, 0.3) is 0 Å². The Morgan fingerprint density at radius 1 is 1.08 bits per heavy atom. The van der Waals surface area contributed by atoms with Gasteiger partial charge in [-0.25, -0.2) is 0 Å². The predicted octanol–water partition coefficient (Wildman–Crippen LogP) is 1.76. The van der Waals surface area contributed by atoms with Gasteiger partial charge in [-0.1, -0.05) is 24.8 Å². The third-order valence-corrected chi connectivity index (χ3v) is 2.11. The summed E-state index contributed by atoms with van der Waals surface area (Å²) in [6.07, 6.45) is 0. The average molecular weight is 243 g/mol. The number of aromatic nitrogens is 1. The quantitative estimate of drug-likeness (QED) is 0.324. The first-order valence-electron chi connectivity index (χ1n) is 3.59. The van der Waals surface area contributed by atoms with E-state index in [1.54, 1.807) is 12.1 Å². The molecule has 60 valence electrons. The number of pyridine rings is 1. The Labute approximate surface area is 94.3 Å². The summed E-state index contributed by atoms with van der Waals surface area (Å²) in [4.78, 5) is 0. The van der Waals surface area contributed by atoms with E-state index < -0.39 is 0 Å². The molecule has 1 heterocycles. The van der Waals surface area contributed by atoms with Gasteiger partial charge < -0.3 is 5.21 Å². The van der Waals surface area contributed by atoms with Gasteiger partial charge in [0.15, 0.2) is 0 Å². The third-order valence-electron chi connectivity index (χ3n) is 1.78. The molecule has 1 aromatic carbocycles. The van der Waals surface area contributed by atoms with Crippen LogP contribution in [0.4, 0.5) is 0 Å². The van der Waals surface area contributed by atoms with Crippen molar-refractivity contribution in [1.29, 1.82) is 0 Å². The van der Waals surface area contributed by atoms with Crippen LogP contribution in [0.2, 0.25) is 0 Å². The van der Waals surface area contributed by atoms with Crippen molar-refractivity contribution in [1.82, 2.24) is 0 Å². The van der Waals surface area contributed by atoms with E-state index in [1.165, 1.54) is 0 Å². The molecule has 2 aromatic rings. The largest absolute Gasteiger partial charge is 2.00 e. The van der Waals surface area contributed by atoms with E-state index in [2.05, 4.69) is 12.6 Å². The minimum Gasteiger partial charge on any atom is -0.617 e. The Bertz CT molecular complexity index is 433. The molecule has 0 bridgehead atoms. The first-order chi connectivity index (χ1) is 5.79. The third kappa shape index (κ3) is 1.84. The summed E-state index contributed by atoms with van der Waals surface area (Å²) in [5.41, 5.74) is 0.657. The van der Waals surface area contributed by atoms with Gasteiger partial charge in [0, 0.05) is 17.5 Å². The van der Waals surface area contributed by atoms with Crippen molar-refractivity contribution >= 4 is 23.5 Å². The topological polar surface area (TPSA) is 26.9 Å². The number of rotatable bonds is 0. The fourth-order valence-electron chi connectivity index (χ4n) is 1.17. The van der Waals surface area contributed by atoms with Crippen molar-refractivity contribution in [3.8, 4) is 0 Å². The second kappa shape index (κ2) is 4.07. The van der Waals surface area contributed by atoms with Crippen LogP contribution in [0.5, 0.6) is 0 Å². The zero-order valence-electron chi connectivity index (χ0n) is 6.97. The smallest absolute Gasteiger partial charge is 0.617 e. The molecule has 0 aliphatic carbocycles. The zero-order chi connectivity index (χ0) is 8.55. The van der Waals surface area contributed by atoms with Gasteiger partial charge in [0.05, 0.1) is 0 Å². The maximum Gasteiger partial charge on any atom is 2.00 e. The van der Waals surface area contributed by atoms with E-state index in [0.29, 0.717) is 10.5 Å². The van der Waals surface area contributed by atoms with Crippen LogP contribution in [0.15, 0.2) is 41.4 Å². The Kier molecular flexibility index (Phi) is 3.29. The van der Waals surface area contributed by atoms with Gasteiger partial charge in [0.1, 0.15) is 0 Å². The van der Waals surface area contributed by atoms with Crippen LogP contribution in [0.1, 0.15) is 0 Å². The summed E-state index contributed by atoms with van der Waals surface area (Å²) >= 11 is 4.02. The minimum absolute atomic E-state index is 0. The molecule has 0 aliphatic rings. The summed E-state index contributed by atoms with van der Waals surface area (Å²) < 4.78 is 0.818. The van der Waals surface area contributed by atoms with Crippen molar-refractivity contribution in [2.45, 2.75) is 5.03 Å².